The monoisotopic (exact) mass is 201 g/mol. The summed E-state index contributed by atoms with van der Waals surface area (Å²) in [7, 11) is 2.07. The van der Waals surface area contributed by atoms with Crippen LogP contribution in [-0.2, 0) is 9.53 Å². The summed E-state index contributed by atoms with van der Waals surface area (Å²) < 4.78 is 5.10. The van der Waals surface area contributed by atoms with Gasteiger partial charge in [0.2, 0.25) is 0 Å². The van der Waals surface area contributed by atoms with Crippen LogP contribution in [-0.4, -0.2) is 37.1 Å². The number of rotatable bonds is 4. The van der Waals surface area contributed by atoms with Crippen molar-refractivity contribution in [3.8, 4) is 0 Å². The number of cyclic esters (lactones) is 1. The van der Waals surface area contributed by atoms with Gasteiger partial charge in [0, 0.05) is 13.0 Å². The Balaban J connectivity index is 0.000000791. The molecule has 0 aliphatic carbocycles. The lowest BCUT2D eigenvalue weighted by molar-refractivity contribution is -0.141. The largest absolute Gasteiger partial charge is 0.461 e. The second-order valence-corrected chi connectivity index (χ2v) is 3.41. The fourth-order valence-corrected chi connectivity index (χ4v) is 1.53. The van der Waals surface area contributed by atoms with E-state index in [-0.39, 0.29) is 12.1 Å². The predicted octanol–water partition coefficient (Wildman–Crippen LogP) is 2.06. The predicted molar refractivity (Wildman–Crippen MR) is 58.3 cm³/mol. The molecule has 0 radical (unpaired) electrons. The number of hydrogen-bond acceptors (Lipinski definition) is 3. The van der Waals surface area contributed by atoms with Crippen LogP contribution in [0.1, 0.15) is 40.0 Å². The summed E-state index contributed by atoms with van der Waals surface area (Å²) in [5.41, 5.74) is 0. The minimum Gasteiger partial charge on any atom is -0.461 e. The summed E-state index contributed by atoms with van der Waals surface area (Å²) in [6, 6.07) is 0. The van der Waals surface area contributed by atoms with Crippen LogP contribution < -0.4 is 0 Å². The Labute approximate surface area is 87.4 Å². The molecule has 3 nitrogen and oxygen atoms in total. The molecule has 1 fully saturated rings. The number of likely N-dealkylation sites (N-methyl/N-ethyl adjacent to an activating group) is 1. The third-order valence-corrected chi connectivity index (χ3v) is 2.09. The number of esters is 1. The van der Waals surface area contributed by atoms with Crippen molar-refractivity contribution in [2.24, 2.45) is 0 Å². The molecule has 0 aromatic rings. The summed E-state index contributed by atoms with van der Waals surface area (Å²) >= 11 is 0. The van der Waals surface area contributed by atoms with Crippen molar-refractivity contribution in [3.63, 3.8) is 0 Å². The van der Waals surface area contributed by atoms with Gasteiger partial charge in [0.15, 0.2) is 0 Å². The molecule has 84 valence electrons. The second-order valence-electron chi connectivity index (χ2n) is 3.41. The minimum atomic E-state index is -0.0371. The summed E-state index contributed by atoms with van der Waals surface area (Å²) in [5, 5.41) is 0. The average Bonchev–Trinajstić information content (AvgIpc) is 2.55. The van der Waals surface area contributed by atoms with Crippen LogP contribution in [0, 0.1) is 0 Å². The van der Waals surface area contributed by atoms with E-state index < -0.39 is 0 Å². The normalized spacial score (nSPS) is 20.4. The van der Waals surface area contributed by atoms with E-state index >= 15 is 0 Å². The topological polar surface area (TPSA) is 29.5 Å². The second kappa shape index (κ2) is 7.80. The molecule has 1 rings (SSSR count). The fraction of sp³-hybridized carbons (Fsp3) is 0.909. The zero-order chi connectivity index (χ0) is 11.0. The molecule has 0 N–H and O–H groups in total. The summed E-state index contributed by atoms with van der Waals surface area (Å²) in [4.78, 5) is 13.0. The van der Waals surface area contributed by atoms with E-state index in [1.807, 2.05) is 13.8 Å². The number of nitrogens with zero attached hydrogens (tertiary/aromatic N) is 1. The molecular formula is C11H23NO2. The number of carbonyl (C=O) groups is 1. The Hall–Kier alpha value is -0.570. The SMILES string of the molecule is CC.CCCN(C)CC1CCC(=O)O1. The Morgan fingerprint density at radius 3 is 2.57 bits per heavy atom. The van der Waals surface area contributed by atoms with Gasteiger partial charge in [-0.1, -0.05) is 20.8 Å². The maximum Gasteiger partial charge on any atom is 0.306 e. The van der Waals surface area contributed by atoms with Crippen LogP contribution in [0.15, 0.2) is 0 Å². The van der Waals surface area contributed by atoms with Crippen LogP contribution in [0.5, 0.6) is 0 Å². The van der Waals surface area contributed by atoms with E-state index in [4.69, 9.17) is 4.74 Å². The molecule has 1 heterocycles. The highest BCUT2D eigenvalue weighted by molar-refractivity contribution is 5.71. The molecule has 0 aromatic heterocycles. The zero-order valence-electron chi connectivity index (χ0n) is 9.88. The highest BCUT2D eigenvalue weighted by Crippen LogP contribution is 2.14. The summed E-state index contributed by atoms with van der Waals surface area (Å²) in [5.74, 6) is -0.0371. The van der Waals surface area contributed by atoms with Gasteiger partial charge in [-0.15, -0.1) is 0 Å². The molecule has 0 spiro atoms. The van der Waals surface area contributed by atoms with E-state index in [0.29, 0.717) is 6.42 Å². The smallest absolute Gasteiger partial charge is 0.306 e. The first kappa shape index (κ1) is 13.4. The van der Waals surface area contributed by atoms with Crippen molar-refractivity contribution >= 4 is 5.97 Å². The molecule has 1 atom stereocenters. The van der Waals surface area contributed by atoms with Crippen molar-refractivity contribution in [1.82, 2.24) is 4.90 Å². The van der Waals surface area contributed by atoms with Crippen LogP contribution in [0.4, 0.5) is 0 Å². The Kier molecular flexibility index (Phi) is 7.48. The number of ether oxygens (including phenoxy) is 1. The van der Waals surface area contributed by atoms with Crippen LogP contribution in [0.25, 0.3) is 0 Å². The van der Waals surface area contributed by atoms with E-state index in [9.17, 15) is 4.79 Å². The van der Waals surface area contributed by atoms with Crippen LogP contribution in [0.2, 0.25) is 0 Å². The third-order valence-electron chi connectivity index (χ3n) is 2.09. The molecule has 14 heavy (non-hydrogen) atoms. The van der Waals surface area contributed by atoms with Crippen molar-refractivity contribution in [2.75, 3.05) is 20.1 Å². The summed E-state index contributed by atoms with van der Waals surface area (Å²) in [6.07, 6.45) is 2.79. The van der Waals surface area contributed by atoms with Crippen molar-refractivity contribution in [1.29, 1.82) is 0 Å². The maximum absolute atomic E-state index is 10.8. The van der Waals surface area contributed by atoms with Gasteiger partial charge >= 0.3 is 5.97 Å². The van der Waals surface area contributed by atoms with Crippen LogP contribution >= 0.6 is 0 Å². The van der Waals surface area contributed by atoms with Gasteiger partial charge in [-0.3, -0.25) is 4.79 Å². The van der Waals surface area contributed by atoms with E-state index in [1.54, 1.807) is 0 Å². The standard InChI is InChI=1S/C9H17NO2.C2H6/c1-3-6-10(2)7-8-4-5-9(11)12-8;1-2/h8H,3-7H2,1-2H3;1-2H3. The first-order valence-electron chi connectivity index (χ1n) is 5.60. The molecule has 0 amide bonds. The molecule has 1 aliphatic heterocycles. The molecule has 1 unspecified atom stereocenters. The molecular weight excluding hydrogens is 178 g/mol. The minimum absolute atomic E-state index is 0.0371. The first-order valence-corrected chi connectivity index (χ1v) is 5.60. The Bertz CT molecular complexity index is 159. The Morgan fingerprint density at radius 2 is 2.14 bits per heavy atom. The molecule has 1 aliphatic rings. The Morgan fingerprint density at radius 1 is 1.50 bits per heavy atom. The van der Waals surface area contributed by atoms with Crippen molar-refractivity contribution in [2.45, 2.75) is 46.1 Å². The van der Waals surface area contributed by atoms with Crippen molar-refractivity contribution < 1.29 is 9.53 Å². The van der Waals surface area contributed by atoms with Gasteiger partial charge in [0.05, 0.1) is 0 Å². The molecule has 0 saturated carbocycles. The zero-order valence-corrected chi connectivity index (χ0v) is 9.88. The maximum atomic E-state index is 10.8. The molecule has 0 bridgehead atoms. The number of hydrogen-bond donors (Lipinski definition) is 0. The van der Waals surface area contributed by atoms with Gasteiger partial charge in [-0.25, -0.2) is 0 Å². The van der Waals surface area contributed by atoms with Gasteiger partial charge in [-0.2, -0.15) is 0 Å². The lowest BCUT2D eigenvalue weighted by Crippen LogP contribution is -2.29. The molecule has 1 saturated heterocycles. The highest BCUT2D eigenvalue weighted by atomic mass is 16.5. The van der Waals surface area contributed by atoms with E-state index in [1.165, 1.54) is 0 Å². The van der Waals surface area contributed by atoms with Gasteiger partial charge in [0.1, 0.15) is 6.10 Å². The van der Waals surface area contributed by atoms with Crippen LogP contribution in [0.3, 0.4) is 0 Å². The number of carbonyl (C=O) groups excluding carboxylic acids is 1. The van der Waals surface area contributed by atoms with Crippen molar-refractivity contribution in [3.05, 3.63) is 0 Å². The third kappa shape index (κ3) is 5.22. The molecule has 3 heteroatoms. The lowest BCUT2D eigenvalue weighted by atomic mass is 10.2. The van der Waals surface area contributed by atoms with E-state index in [2.05, 4.69) is 18.9 Å². The average molecular weight is 201 g/mol. The van der Waals surface area contributed by atoms with Gasteiger partial charge < -0.3 is 9.64 Å². The summed E-state index contributed by atoms with van der Waals surface area (Å²) in [6.45, 7) is 8.12. The lowest BCUT2D eigenvalue weighted by Gasteiger charge is -2.18. The highest BCUT2D eigenvalue weighted by Gasteiger charge is 2.23. The first-order chi connectivity index (χ1) is 6.72. The molecule has 0 aromatic carbocycles. The van der Waals surface area contributed by atoms with E-state index in [0.717, 1.165) is 25.9 Å². The van der Waals surface area contributed by atoms with Gasteiger partial charge in [0.25, 0.3) is 0 Å². The van der Waals surface area contributed by atoms with Gasteiger partial charge in [-0.05, 0) is 26.4 Å². The fourth-order valence-electron chi connectivity index (χ4n) is 1.53. The quantitative estimate of drug-likeness (QED) is 0.652.